The lowest BCUT2D eigenvalue weighted by molar-refractivity contribution is -0.127. The minimum atomic E-state index is -0.476. The topological polar surface area (TPSA) is 71.0 Å². The predicted molar refractivity (Wildman–Crippen MR) is 113 cm³/mol. The number of hydrogen-bond acceptors (Lipinski definition) is 5. The standard InChI is InChI=1S/C21H23N3O3S/c1-4-27-16-11-9-15(10-12-16)22-19(25)13-18-20(26)24(3)21(28-18)23-17-8-6-5-7-14(17)2/h5-12,18H,4,13H2,1-3H3,(H,22,25)/t18-/m1/s1. The van der Waals surface area contributed by atoms with Crippen LogP contribution in [0.3, 0.4) is 0 Å². The summed E-state index contributed by atoms with van der Waals surface area (Å²) in [6.45, 7) is 4.48. The van der Waals surface area contributed by atoms with Gasteiger partial charge in [-0.3, -0.25) is 14.5 Å². The van der Waals surface area contributed by atoms with Gasteiger partial charge in [-0.2, -0.15) is 0 Å². The number of nitrogens with one attached hydrogen (secondary N) is 1. The molecule has 146 valence electrons. The maximum Gasteiger partial charge on any atom is 0.242 e. The predicted octanol–water partition coefficient (Wildman–Crippen LogP) is 3.98. The number of aryl methyl sites for hydroxylation is 1. The first-order valence-corrected chi connectivity index (χ1v) is 9.97. The number of para-hydroxylation sites is 1. The van der Waals surface area contributed by atoms with Gasteiger partial charge in [-0.15, -0.1) is 0 Å². The van der Waals surface area contributed by atoms with Gasteiger partial charge in [-0.1, -0.05) is 30.0 Å². The van der Waals surface area contributed by atoms with E-state index in [1.54, 1.807) is 31.3 Å². The number of thioether (sulfide) groups is 1. The number of anilines is 1. The van der Waals surface area contributed by atoms with Gasteiger partial charge in [-0.05, 0) is 49.7 Å². The van der Waals surface area contributed by atoms with Crippen LogP contribution in [-0.4, -0.2) is 40.8 Å². The van der Waals surface area contributed by atoms with Gasteiger partial charge in [0.15, 0.2) is 5.17 Å². The summed E-state index contributed by atoms with van der Waals surface area (Å²) in [6.07, 6.45) is 0.0911. The van der Waals surface area contributed by atoms with Crippen LogP contribution in [0.15, 0.2) is 53.5 Å². The normalized spacial score (nSPS) is 17.8. The fourth-order valence-electron chi connectivity index (χ4n) is 2.77. The number of carbonyl (C=O) groups excluding carboxylic acids is 2. The molecule has 1 aliphatic rings. The molecule has 2 aromatic carbocycles. The number of nitrogens with zero attached hydrogens (tertiary/aromatic N) is 2. The van der Waals surface area contributed by atoms with Gasteiger partial charge in [-0.25, -0.2) is 4.99 Å². The Balaban J connectivity index is 1.63. The first-order valence-electron chi connectivity index (χ1n) is 9.09. The second-order valence-electron chi connectivity index (χ2n) is 6.39. The van der Waals surface area contributed by atoms with Gasteiger partial charge in [0.05, 0.1) is 12.3 Å². The van der Waals surface area contributed by atoms with E-state index in [0.717, 1.165) is 17.0 Å². The third-order valence-electron chi connectivity index (χ3n) is 4.29. The maximum absolute atomic E-state index is 12.5. The van der Waals surface area contributed by atoms with Crippen molar-refractivity contribution in [1.29, 1.82) is 0 Å². The Hall–Kier alpha value is -2.80. The molecule has 1 aliphatic heterocycles. The monoisotopic (exact) mass is 397 g/mol. The number of benzene rings is 2. The highest BCUT2D eigenvalue weighted by Crippen LogP contribution is 2.31. The smallest absolute Gasteiger partial charge is 0.242 e. The summed E-state index contributed by atoms with van der Waals surface area (Å²) in [4.78, 5) is 31.0. The summed E-state index contributed by atoms with van der Waals surface area (Å²) >= 11 is 1.32. The number of hydrogen-bond donors (Lipinski definition) is 1. The third-order valence-corrected chi connectivity index (χ3v) is 5.52. The molecule has 7 heteroatoms. The van der Waals surface area contributed by atoms with Crippen LogP contribution in [0, 0.1) is 6.92 Å². The van der Waals surface area contributed by atoms with E-state index < -0.39 is 5.25 Å². The Labute approximate surface area is 169 Å². The molecule has 0 aliphatic carbocycles. The zero-order valence-corrected chi connectivity index (χ0v) is 17.0. The van der Waals surface area contributed by atoms with Gasteiger partial charge < -0.3 is 10.1 Å². The Morgan fingerprint density at radius 3 is 2.61 bits per heavy atom. The highest BCUT2D eigenvalue weighted by atomic mass is 32.2. The van der Waals surface area contributed by atoms with Crippen LogP contribution in [0.2, 0.25) is 0 Å². The van der Waals surface area contributed by atoms with E-state index in [2.05, 4.69) is 10.3 Å². The summed E-state index contributed by atoms with van der Waals surface area (Å²) < 4.78 is 5.39. The quantitative estimate of drug-likeness (QED) is 0.800. The summed E-state index contributed by atoms with van der Waals surface area (Å²) in [5.41, 5.74) is 2.53. The molecule has 0 unspecified atom stereocenters. The Bertz CT molecular complexity index is 896. The molecule has 1 saturated heterocycles. The lowest BCUT2D eigenvalue weighted by Crippen LogP contribution is -2.30. The average Bonchev–Trinajstić information content (AvgIpc) is 2.93. The number of ether oxygens (including phenoxy) is 1. The molecule has 1 fully saturated rings. The minimum absolute atomic E-state index is 0.0911. The largest absolute Gasteiger partial charge is 0.494 e. The molecular weight excluding hydrogens is 374 g/mol. The summed E-state index contributed by atoms with van der Waals surface area (Å²) in [5, 5.41) is 2.96. The van der Waals surface area contributed by atoms with Crippen molar-refractivity contribution in [2.75, 3.05) is 19.0 Å². The first kappa shape index (κ1) is 19.9. The molecule has 1 heterocycles. The SMILES string of the molecule is CCOc1ccc(NC(=O)C[C@H]2SC(=Nc3ccccc3C)N(C)C2=O)cc1. The van der Waals surface area contributed by atoms with Crippen molar-refractivity contribution in [3.05, 3.63) is 54.1 Å². The second kappa shape index (κ2) is 8.93. The third kappa shape index (κ3) is 4.72. The van der Waals surface area contributed by atoms with Crippen molar-refractivity contribution in [2.45, 2.75) is 25.5 Å². The minimum Gasteiger partial charge on any atom is -0.494 e. The van der Waals surface area contributed by atoms with E-state index in [-0.39, 0.29) is 18.2 Å². The van der Waals surface area contributed by atoms with Gasteiger partial charge in [0.2, 0.25) is 11.8 Å². The van der Waals surface area contributed by atoms with E-state index in [1.807, 2.05) is 38.1 Å². The fraction of sp³-hybridized carbons (Fsp3) is 0.286. The van der Waals surface area contributed by atoms with Crippen molar-refractivity contribution in [1.82, 2.24) is 4.90 Å². The molecule has 2 amide bonds. The van der Waals surface area contributed by atoms with Crippen LogP contribution in [0.4, 0.5) is 11.4 Å². The van der Waals surface area contributed by atoms with Gasteiger partial charge in [0.25, 0.3) is 0 Å². The van der Waals surface area contributed by atoms with Crippen molar-refractivity contribution in [3.63, 3.8) is 0 Å². The number of carbonyl (C=O) groups is 2. The summed E-state index contributed by atoms with van der Waals surface area (Å²) in [5.74, 6) is 0.431. The van der Waals surface area contributed by atoms with E-state index in [1.165, 1.54) is 16.7 Å². The molecule has 0 aromatic heterocycles. The molecule has 2 aromatic rings. The number of aliphatic imine (C=N–C) groups is 1. The van der Waals surface area contributed by atoms with Gasteiger partial charge in [0.1, 0.15) is 11.0 Å². The maximum atomic E-state index is 12.5. The van der Waals surface area contributed by atoms with Crippen LogP contribution in [0.5, 0.6) is 5.75 Å². The van der Waals surface area contributed by atoms with Crippen LogP contribution in [0.1, 0.15) is 18.9 Å². The number of amides is 2. The van der Waals surface area contributed by atoms with Gasteiger partial charge >= 0.3 is 0 Å². The molecule has 3 rings (SSSR count). The second-order valence-corrected chi connectivity index (χ2v) is 7.56. The van der Waals surface area contributed by atoms with E-state index in [4.69, 9.17) is 4.74 Å². The molecule has 6 nitrogen and oxygen atoms in total. The fourth-order valence-corrected chi connectivity index (χ4v) is 3.92. The van der Waals surface area contributed by atoms with Gasteiger partial charge in [0, 0.05) is 19.2 Å². The van der Waals surface area contributed by atoms with Crippen LogP contribution < -0.4 is 10.1 Å². The Kier molecular flexibility index (Phi) is 6.36. The molecular formula is C21H23N3O3S. The van der Waals surface area contributed by atoms with Crippen LogP contribution >= 0.6 is 11.8 Å². The van der Waals surface area contributed by atoms with Crippen LogP contribution in [-0.2, 0) is 9.59 Å². The zero-order chi connectivity index (χ0) is 20.1. The summed E-state index contributed by atoms with van der Waals surface area (Å²) in [6, 6.07) is 14.9. The molecule has 0 radical (unpaired) electrons. The average molecular weight is 398 g/mol. The Morgan fingerprint density at radius 2 is 1.93 bits per heavy atom. The lowest BCUT2D eigenvalue weighted by atomic mass is 10.2. The molecule has 28 heavy (non-hydrogen) atoms. The highest BCUT2D eigenvalue weighted by Gasteiger charge is 2.37. The van der Waals surface area contributed by atoms with Crippen LogP contribution in [0.25, 0.3) is 0 Å². The van der Waals surface area contributed by atoms with Crippen molar-refractivity contribution in [2.24, 2.45) is 4.99 Å². The van der Waals surface area contributed by atoms with Crippen molar-refractivity contribution in [3.8, 4) is 5.75 Å². The number of amidine groups is 1. The highest BCUT2D eigenvalue weighted by molar-refractivity contribution is 8.15. The molecule has 1 atom stereocenters. The van der Waals surface area contributed by atoms with E-state index in [0.29, 0.717) is 17.5 Å². The molecule has 1 N–H and O–H groups in total. The first-order chi connectivity index (χ1) is 13.5. The van der Waals surface area contributed by atoms with E-state index >= 15 is 0 Å². The number of rotatable bonds is 6. The van der Waals surface area contributed by atoms with Crippen molar-refractivity contribution < 1.29 is 14.3 Å². The summed E-state index contributed by atoms with van der Waals surface area (Å²) in [7, 11) is 1.69. The molecule has 0 saturated carbocycles. The molecule has 0 spiro atoms. The Morgan fingerprint density at radius 1 is 1.21 bits per heavy atom. The van der Waals surface area contributed by atoms with E-state index in [9.17, 15) is 9.59 Å². The molecule has 0 bridgehead atoms. The van der Waals surface area contributed by atoms with Crippen molar-refractivity contribution >= 4 is 40.1 Å². The lowest BCUT2D eigenvalue weighted by Gasteiger charge is -2.10. The zero-order valence-electron chi connectivity index (χ0n) is 16.1.